The normalized spacial score (nSPS) is 16.3. The molecule has 5 heteroatoms. The molecule has 0 aromatic heterocycles. The van der Waals surface area contributed by atoms with Crippen LogP contribution in [0.5, 0.6) is 5.75 Å². The van der Waals surface area contributed by atoms with Crippen LogP contribution in [0.1, 0.15) is 55.0 Å². The Labute approximate surface area is 178 Å². The largest absolute Gasteiger partial charge is 0.496 e. The molecule has 0 amide bonds. The first-order valence-electron chi connectivity index (χ1n) is 10.6. The van der Waals surface area contributed by atoms with Gasteiger partial charge in [-0.25, -0.2) is 0 Å². The Morgan fingerprint density at radius 3 is 2.27 bits per heavy atom. The number of methoxy groups -OCH3 is 1. The van der Waals surface area contributed by atoms with Gasteiger partial charge in [0.1, 0.15) is 5.75 Å². The number of likely N-dealkylation sites (N-methyl/N-ethyl adjacent to an activating group) is 1. The van der Waals surface area contributed by atoms with E-state index >= 15 is 0 Å². The van der Waals surface area contributed by atoms with Crippen LogP contribution >= 0.6 is 0 Å². The maximum atomic E-state index is 10.8. The average molecular weight is 412 g/mol. The van der Waals surface area contributed by atoms with Crippen molar-refractivity contribution < 1.29 is 20.1 Å². The smallest absolute Gasteiger partial charge is 0.125 e. The number of rotatable bonds is 4. The summed E-state index contributed by atoms with van der Waals surface area (Å²) in [7, 11) is 3.59. The maximum absolute atomic E-state index is 10.8. The highest BCUT2D eigenvalue weighted by atomic mass is 16.5. The van der Waals surface area contributed by atoms with E-state index in [9.17, 15) is 15.3 Å². The minimum atomic E-state index is -0.570. The fourth-order valence-corrected chi connectivity index (χ4v) is 4.14. The molecule has 1 aliphatic rings. The standard InChI is InChI=1S/C21H23NO4.C4H10/c1-22-8-18-17-7-20(26-2)13(11-24)6-16(17)15-5-12(10-23)3-4-14(15)21(18)19(25)9-22;1-3-4-2/h3-7,19,23-25H,8-11H2,1-2H3;3-4H2,1-2H3. The van der Waals surface area contributed by atoms with Crippen molar-refractivity contribution in [3.8, 4) is 5.75 Å². The number of β-amino-alcohol motifs (C(OH)–C–C–N with tert-alkyl or cyclic N) is 1. The molecule has 5 nitrogen and oxygen atoms in total. The van der Waals surface area contributed by atoms with Gasteiger partial charge in [-0.15, -0.1) is 0 Å². The van der Waals surface area contributed by atoms with Gasteiger partial charge in [0.25, 0.3) is 0 Å². The van der Waals surface area contributed by atoms with Crippen LogP contribution in [0.2, 0.25) is 0 Å². The molecule has 0 saturated carbocycles. The summed E-state index contributed by atoms with van der Waals surface area (Å²) in [5.41, 5.74) is 3.59. The molecule has 4 rings (SSSR count). The highest BCUT2D eigenvalue weighted by Crippen LogP contribution is 2.41. The minimum absolute atomic E-state index is 0.0389. The first-order chi connectivity index (χ1) is 14.5. The van der Waals surface area contributed by atoms with Crippen LogP contribution in [0, 0.1) is 0 Å². The molecular formula is C25H33NO4. The van der Waals surface area contributed by atoms with E-state index in [0.717, 1.165) is 50.3 Å². The molecule has 0 saturated heterocycles. The zero-order valence-electron chi connectivity index (χ0n) is 18.4. The van der Waals surface area contributed by atoms with Crippen LogP contribution in [0.25, 0.3) is 21.5 Å². The summed E-state index contributed by atoms with van der Waals surface area (Å²) < 4.78 is 5.47. The molecular weight excluding hydrogens is 378 g/mol. The predicted molar refractivity (Wildman–Crippen MR) is 122 cm³/mol. The van der Waals surface area contributed by atoms with Gasteiger partial charge in [0.05, 0.1) is 26.4 Å². The molecule has 0 bridgehead atoms. The monoisotopic (exact) mass is 411 g/mol. The van der Waals surface area contributed by atoms with E-state index in [1.807, 2.05) is 37.4 Å². The molecule has 30 heavy (non-hydrogen) atoms. The van der Waals surface area contributed by atoms with Crippen molar-refractivity contribution >= 4 is 21.5 Å². The second-order valence-electron chi connectivity index (χ2n) is 8.01. The Morgan fingerprint density at radius 1 is 0.967 bits per heavy atom. The van der Waals surface area contributed by atoms with E-state index in [2.05, 4.69) is 18.7 Å². The van der Waals surface area contributed by atoms with Crippen molar-refractivity contribution in [2.75, 3.05) is 20.7 Å². The summed E-state index contributed by atoms with van der Waals surface area (Å²) in [6, 6.07) is 9.76. The summed E-state index contributed by atoms with van der Waals surface area (Å²) in [6.07, 6.45) is 2.07. The predicted octanol–water partition coefficient (Wildman–Crippen LogP) is 4.27. The van der Waals surface area contributed by atoms with Crippen molar-refractivity contribution in [1.29, 1.82) is 0 Å². The van der Waals surface area contributed by atoms with Gasteiger partial charge in [-0.2, -0.15) is 0 Å². The van der Waals surface area contributed by atoms with Crippen LogP contribution in [-0.2, 0) is 19.8 Å². The van der Waals surface area contributed by atoms with E-state index in [0.29, 0.717) is 12.3 Å². The summed E-state index contributed by atoms with van der Waals surface area (Å²) in [5.74, 6) is 0.641. The van der Waals surface area contributed by atoms with E-state index in [1.54, 1.807) is 7.11 Å². The molecule has 0 aliphatic carbocycles. The first kappa shape index (κ1) is 22.5. The number of aliphatic hydroxyl groups is 3. The Hall–Kier alpha value is -2.18. The number of unbranched alkanes of at least 4 members (excludes halogenated alkanes) is 1. The molecule has 0 radical (unpaired) electrons. The van der Waals surface area contributed by atoms with Crippen LogP contribution in [0.4, 0.5) is 0 Å². The van der Waals surface area contributed by atoms with Gasteiger partial charge in [0.2, 0.25) is 0 Å². The van der Waals surface area contributed by atoms with E-state index in [4.69, 9.17) is 4.74 Å². The molecule has 0 fully saturated rings. The lowest BCUT2D eigenvalue weighted by molar-refractivity contribution is 0.110. The molecule has 3 aromatic carbocycles. The van der Waals surface area contributed by atoms with Crippen LogP contribution in [0.3, 0.4) is 0 Å². The van der Waals surface area contributed by atoms with Crippen LogP contribution in [0.15, 0.2) is 30.3 Å². The van der Waals surface area contributed by atoms with Crippen molar-refractivity contribution in [3.05, 3.63) is 52.6 Å². The summed E-state index contributed by atoms with van der Waals surface area (Å²) in [6.45, 7) is 5.53. The Kier molecular flexibility index (Phi) is 7.32. The second-order valence-corrected chi connectivity index (χ2v) is 8.01. The molecule has 1 unspecified atom stereocenters. The quantitative estimate of drug-likeness (QED) is 0.559. The van der Waals surface area contributed by atoms with Gasteiger partial charge < -0.3 is 20.1 Å². The van der Waals surface area contributed by atoms with Gasteiger partial charge in [0.15, 0.2) is 0 Å². The zero-order valence-corrected chi connectivity index (χ0v) is 18.4. The summed E-state index contributed by atoms with van der Waals surface area (Å²) in [5, 5.41) is 34.1. The zero-order chi connectivity index (χ0) is 21.8. The fourth-order valence-electron chi connectivity index (χ4n) is 4.14. The molecule has 3 N–H and O–H groups in total. The maximum Gasteiger partial charge on any atom is 0.125 e. The van der Waals surface area contributed by atoms with Crippen molar-refractivity contribution in [3.63, 3.8) is 0 Å². The number of ether oxygens (including phenoxy) is 1. The fraction of sp³-hybridized carbons (Fsp3) is 0.440. The van der Waals surface area contributed by atoms with E-state index < -0.39 is 6.10 Å². The number of benzene rings is 3. The third kappa shape index (κ3) is 4.16. The Morgan fingerprint density at radius 2 is 1.67 bits per heavy atom. The van der Waals surface area contributed by atoms with Gasteiger partial charge in [-0.05, 0) is 63.5 Å². The number of hydrogen-bond acceptors (Lipinski definition) is 5. The lowest BCUT2D eigenvalue weighted by Gasteiger charge is -2.32. The first-order valence-corrected chi connectivity index (χ1v) is 10.6. The number of hydrogen-bond donors (Lipinski definition) is 3. The SMILES string of the molecule is CCCC.COc1cc2c3c(c4ccc(CO)cc4c2cc1CO)C(O)CN(C)C3. The highest BCUT2D eigenvalue weighted by molar-refractivity contribution is 6.12. The topological polar surface area (TPSA) is 73.2 Å². The average Bonchev–Trinajstić information content (AvgIpc) is 2.77. The lowest BCUT2D eigenvalue weighted by Crippen LogP contribution is -2.30. The van der Waals surface area contributed by atoms with E-state index in [1.165, 1.54) is 12.8 Å². The molecule has 1 heterocycles. The lowest BCUT2D eigenvalue weighted by atomic mass is 9.85. The minimum Gasteiger partial charge on any atom is -0.496 e. The van der Waals surface area contributed by atoms with Gasteiger partial charge >= 0.3 is 0 Å². The third-order valence-electron chi connectivity index (χ3n) is 5.83. The summed E-state index contributed by atoms with van der Waals surface area (Å²) >= 11 is 0. The van der Waals surface area contributed by atoms with Crippen molar-refractivity contribution in [2.45, 2.75) is 52.6 Å². The van der Waals surface area contributed by atoms with E-state index in [-0.39, 0.29) is 13.2 Å². The molecule has 0 spiro atoms. The number of fused-ring (bicyclic) bond motifs is 6. The Balaban J connectivity index is 0.000000589. The Bertz CT molecular complexity index is 1030. The second kappa shape index (κ2) is 9.75. The molecule has 162 valence electrons. The highest BCUT2D eigenvalue weighted by Gasteiger charge is 2.27. The van der Waals surface area contributed by atoms with Crippen molar-refractivity contribution in [2.24, 2.45) is 0 Å². The summed E-state index contributed by atoms with van der Waals surface area (Å²) in [4.78, 5) is 2.10. The molecule has 1 atom stereocenters. The van der Waals surface area contributed by atoms with Crippen LogP contribution in [-0.4, -0.2) is 40.9 Å². The van der Waals surface area contributed by atoms with Gasteiger partial charge in [-0.3, -0.25) is 4.90 Å². The van der Waals surface area contributed by atoms with Gasteiger partial charge in [0, 0.05) is 18.7 Å². The number of nitrogens with zero attached hydrogens (tertiary/aromatic N) is 1. The number of aliphatic hydroxyl groups excluding tert-OH is 3. The van der Waals surface area contributed by atoms with Crippen molar-refractivity contribution in [1.82, 2.24) is 4.90 Å². The third-order valence-corrected chi connectivity index (χ3v) is 5.83. The van der Waals surface area contributed by atoms with Gasteiger partial charge in [-0.1, -0.05) is 38.8 Å². The van der Waals surface area contributed by atoms with Crippen LogP contribution < -0.4 is 4.74 Å². The molecule has 3 aromatic rings. The molecule has 1 aliphatic heterocycles.